The first-order valence-electron chi connectivity index (χ1n) is 9.42. The van der Waals surface area contributed by atoms with Gasteiger partial charge in [0.1, 0.15) is 6.10 Å². The minimum absolute atomic E-state index is 0.0259. The summed E-state index contributed by atoms with van der Waals surface area (Å²) in [4.78, 5) is 8.64. The Bertz CT molecular complexity index is 1170. The fourth-order valence-corrected chi connectivity index (χ4v) is 4.85. The summed E-state index contributed by atoms with van der Waals surface area (Å²) in [6, 6.07) is 12.8. The molecule has 0 N–H and O–H groups in total. The maximum atomic E-state index is 13.1. The molecule has 0 unspecified atom stereocenters. The van der Waals surface area contributed by atoms with E-state index in [4.69, 9.17) is 4.74 Å². The number of rotatable bonds is 4. The molecule has 4 rings (SSSR count). The van der Waals surface area contributed by atoms with Gasteiger partial charge in [0.25, 0.3) is 0 Å². The number of benzene rings is 2. The largest absolute Gasteiger partial charge is 0.416 e. The van der Waals surface area contributed by atoms with Gasteiger partial charge >= 0.3 is 6.18 Å². The van der Waals surface area contributed by atoms with Crippen LogP contribution in [0.3, 0.4) is 0 Å². The predicted octanol–water partition coefficient (Wildman–Crippen LogP) is 3.92. The van der Waals surface area contributed by atoms with Crippen molar-refractivity contribution in [3.05, 3.63) is 78.2 Å². The highest BCUT2D eigenvalue weighted by Gasteiger charge is 2.34. The van der Waals surface area contributed by atoms with E-state index >= 15 is 0 Å². The van der Waals surface area contributed by atoms with Crippen LogP contribution in [0.15, 0.2) is 71.9 Å². The number of aromatic nitrogens is 2. The van der Waals surface area contributed by atoms with E-state index in [1.165, 1.54) is 41.0 Å². The van der Waals surface area contributed by atoms with Crippen LogP contribution in [0.5, 0.6) is 0 Å². The van der Waals surface area contributed by atoms with E-state index in [1.807, 2.05) is 0 Å². The number of morpholine rings is 1. The molecule has 1 aliphatic heterocycles. The zero-order chi connectivity index (χ0) is 22.1. The quantitative estimate of drug-likeness (QED) is 0.604. The zero-order valence-corrected chi connectivity index (χ0v) is 17.0. The lowest BCUT2D eigenvalue weighted by Gasteiger charge is -2.32. The zero-order valence-electron chi connectivity index (χ0n) is 16.2. The Morgan fingerprint density at radius 2 is 1.74 bits per heavy atom. The van der Waals surface area contributed by atoms with Crippen LogP contribution in [0.1, 0.15) is 17.4 Å². The summed E-state index contributed by atoms with van der Waals surface area (Å²) in [5.41, 5.74) is -0.0728. The third-order valence-electron chi connectivity index (χ3n) is 4.91. The van der Waals surface area contributed by atoms with Gasteiger partial charge in [-0.05, 0) is 24.3 Å². The second kappa shape index (κ2) is 8.37. The molecule has 1 fully saturated rings. The molecule has 0 saturated carbocycles. The molecule has 1 aliphatic rings. The molecule has 6 nitrogen and oxygen atoms in total. The molecule has 0 bridgehead atoms. The number of halogens is 3. The molecule has 0 spiro atoms. The smallest absolute Gasteiger partial charge is 0.369 e. The van der Waals surface area contributed by atoms with Crippen molar-refractivity contribution in [2.45, 2.75) is 17.2 Å². The molecule has 1 atom stereocenters. The normalized spacial score (nSPS) is 18.1. The summed E-state index contributed by atoms with van der Waals surface area (Å²) < 4.78 is 72.5. The van der Waals surface area contributed by atoms with Crippen LogP contribution in [-0.4, -0.2) is 42.4 Å². The maximum absolute atomic E-state index is 13.1. The molecular weight excluding hydrogens is 431 g/mol. The molecule has 2 aromatic carbocycles. The number of ether oxygens (including phenoxy) is 1. The summed E-state index contributed by atoms with van der Waals surface area (Å²) in [6.45, 7) is 0.254. The topological polar surface area (TPSA) is 72.4 Å². The summed E-state index contributed by atoms with van der Waals surface area (Å²) >= 11 is 0. The average molecular weight is 449 g/mol. The lowest BCUT2D eigenvalue weighted by molar-refractivity contribution is -0.137. The second-order valence-corrected chi connectivity index (χ2v) is 8.84. The van der Waals surface area contributed by atoms with Crippen molar-refractivity contribution >= 4 is 10.0 Å². The summed E-state index contributed by atoms with van der Waals surface area (Å²) in [5.74, 6) is 0. The Morgan fingerprint density at radius 3 is 2.48 bits per heavy atom. The third kappa shape index (κ3) is 4.46. The highest BCUT2D eigenvalue weighted by molar-refractivity contribution is 7.89. The third-order valence-corrected chi connectivity index (χ3v) is 6.78. The monoisotopic (exact) mass is 449 g/mol. The van der Waals surface area contributed by atoms with Crippen LogP contribution in [0.4, 0.5) is 13.2 Å². The average Bonchev–Trinajstić information content (AvgIpc) is 2.79. The van der Waals surface area contributed by atoms with Gasteiger partial charge in [0, 0.05) is 31.0 Å². The Morgan fingerprint density at radius 1 is 1.00 bits per heavy atom. The molecule has 2 heterocycles. The predicted molar refractivity (Wildman–Crippen MR) is 106 cm³/mol. The highest BCUT2D eigenvalue weighted by atomic mass is 32.2. The first kappa shape index (κ1) is 21.4. The molecule has 10 heteroatoms. The fourth-order valence-electron chi connectivity index (χ4n) is 3.40. The van der Waals surface area contributed by atoms with E-state index in [0.717, 1.165) is 12.1 Å². The van der Waals surface area contributed by atoms with E-state index < -0.39 is 27.9 Å². The van der Waals surface area contributed by atoms with Crippen molar-refractivity contribution in [2.24, 2.45) is 0 Å². The lowest BCUT2D eigenvalue weighted by Crippen LogP contribution is -2.42. The fraction of sp³-hybridized carbons (Fsp3) is 0.238. The molecule has 1 aromatic heterocycles. The van der Waals surface area contributed by atoms with E-state index in [2.05, 4.69) is 9.97 Å². The summed E-state index contributed by atoms with van der Waals surface area (Å²) in [5, 5.41) is 0. The molecule has 0 radical (unpaired) electrons. The Hall–Kier alpha value is -2.82. The molecule has 1 saturated heterocycles. The Kier molecular flexibility index (Phi) is 5.78. The van der Waals surface area contributed by atoms with E-state index in [-0.39, 0.29) is 41.5 Å². The van der Waals surface area contributed by atoms with Crippen molar-refractivity contribution < 1.29 is 26.3 Å². The standard InChI is InChI=1S/C21H18F3N3O3S/c22-21(23,24)16-6-4-5-15(13-16)19-20(26-10-9-25-19)18-14-27(11-12-30-18)31(28,29)17-7-2-1-3-8-17/h1-10,13,18H,11-12,14H2/t18-/m0/s1. The SMILES string of the molecule is O=S(=O)(c1ccccc1)N1CCO[C@H](c2nccnc2-c2cccc(C(F)(F)F)c2)C1. The van der Waals surface area contributed by atoms with Crippen LogP contribution in [0.2, 0.25) is 0 Å². The first-order chi connectivity index (χ1) is 14.8. The number of hydrogen-bond acceptors (Lipinski definition) is 5. The molecule has 31 heavy (non-hydrogen) atoms. The van der Waals surface area contributed by atoms with Gasteiger partial charge in [0.2, 0.25) is 10.0 Å². The number of hydrogen-bond donors (Lipinski definition) is 0. The summed E-state index contributed by atoms with van der Waals surface area (Å²) in [6.07, 6.45) is -2.49. The van der Waals surface area contributed by atoms with Crippen LogP contribution >= 0.6 is 0 Å². The van der Waals surface area contributed by atoms with Crippen molar-refractivity contribution in [1.29, 1.82) is 0 Å². The van der Waals surface area contributed by atoms with Crippen LogP contribution < -0.4 is 0 Å². The maximum Gasteiger partial charge on any atom is 0.416 e. The van der Waals surface area contributed by atoms with Gasteiger partial charge in [-0.1, -0.05) is 30.3 Å². The molecule has 3 aromatic rings. The van der Waals surface area contributed by atoms with Gasteiger partial charge in [-0.25, -0.2) is 8.42 Å². The van der Waals surface area contributed by atoms with Crippen LogP contribution in [-0.2, 0) is 20.9 Å². The van der Waals surface area contributed by atoms with E-state index in [1.54, 1.807) is 18.2 Å². The van der Waals surface area contributed by atoms with Gasteiger partial charge in [-0.2, -0.15) is 17.5 Å². The molecule has 162 valence electrons. The molecule has 0 amide bonds. The Labute approximate surface area is 177 Å². The van der Waals surface area contributed by atoms with Gasteiger partial charge in [-0.15, -0.1) is 0 Å². The Balaban J connectivity index is 1.67. The molecule has 0 aliphatic carbocycles. The van der Waals surface area contributed by atoms with Crippen LogP contribution in [0.25, 0.3) is 11.3 Å². The van der Waals surface area contributed by atoms with E-state index in [0.29, 0.717) is 0 Å². The van der Waals surface area contributed by atoms with Crippen molar-refractivity contribution in [3.63, 3.8) is 0 Å². The van der Waals surface area contributed by atoms with Gasteiger partial charge in [-0.3, -0.25) is 9.97 Å². The van der Waals surface area contributed by atoms with Gasteiger partial charge < -0.3 is 4.74 Å². The van der Waals surface area contributed by atoms with Crippen LogP contribution in [0, 0.1) is 0 Å². The molecular formula is C21H18F3N3O3S. The second-order valence-electron chi connectivity index (χ2n) is 6.90. The number of alkyl halides is 3. The minimum atomic E-state index is -4.50. The van der Waals surface area contributed by atoms with Gasteiger partial charge in [0.05, 0.1) is 28.5 Å². The van der Waals surface area contributed by atoms with Gasteiger partial charge in [0.15, 0.2) is 0 Å². The van der Waals surface area contributed by atoms with Crippen molar-refractivity contribution in [3.8, 4) is 11.3 Å². The number of nitrogens with zero attached hydrogens (tertiary/aromatic N) is 3. The number of sulfonamides is 1. The summed E-state index contributed by atoms with van der Waals surface area (Å²) in [7, 11) is -3.75. The minimum Gasteiger partial charge on any atom is -0.369 e. The first-order valence-corrected chi connectivity index (χ1v) is 10.9. The lowest BCUT2D eigenvalue weighted by atomic mass is 10.0. The van der Waals surface area contributed by atoms with Crippen molar-refractivity contribution in [2.75, 3.05) is 19.7 Å². The van der Waals surface area contributed by atoms with Crippen molar-refractivity contribution in [1.82, 2.24) is 14.3 Å². The highest BCUT2D eigenvalue weighted by Crippen LogP contribution is 2.34. The van der Waals surface area contributed by atoms with E-state index in [9.17, 15) is 21.6 Å².